The number of rotatable bonds is 3. The summed E-state index contributed by atoms with van der Waals surface area (Å²) in [4.78, 5) is 23.4. The molecule has 9 heteroatoms. The molecule has 6 nitrogen and oxygen atoms in total. The summed E-state index contributed by atoms with van der Waals surface area (Å²) in [6, 6.07) is 4.18. The van der Waals surface area contributed by atoms with Crippen LogP contribution in [0.2, 0.25) is 0 Å². The number of alkyl halides is 2. The van der Waals surface area contributed by atoms with E-state index in [1.54, 1.807) is 6.07 Å². The number of carbonyl (C=O) groups excluding carboxylic acids is 1. The van der Waals surface area contributed by atoms with Crippen LogP contribution in [0.25, 0.3) is 0 Å². The number of nitrogens with one attached hydrogen (secondary N) is 1. The molecule has 2 aliphatic rings. The van der Waals surface area contributed by atoms with Crippen molar-refractivity contribution in [3.8, 4) is 0 Å². The molecule has 1 aromatic carbocycles. The number of aromatic nitrogens is 2. The first kappa shape index (κ1) is 19.5. The lowest BCUT2D eigenvalue weighted by atomic mass is 10.2. The number of amides is 1. The molecule has 1 fully saturated rings. The lowest BCUT2D eigenvalue weighted by Crippen LogP contribution is -2.48. The van der Waals surface area contributed by atoms with Gasteiger partial charge in [-0.25, -0.2) is 9.37 Å². The van der Waals surface area contributed by atoms with Crippen LogP contribution in [0.1, 0.15) is 31.2 Å². The van der Waals surface area contributed by atoms with E-state index in [2.05, 4.69) is 15.3 Å². The normalized spacial score (nSPS) is 19.3. The summed E-state index contributed by atoms with van der Waals surface area (Å²) in [5.74, 6) is -4.76. The predicted octanol–water partition coefficient (Wildman–Crippen LogP) is 4.03. The number of benzene rings is 1. The summed E-state index contributed by atoms with van der Waals surface area (Å²) in [7, 11) is 1.31. The number of hydrogen-bond acceptors (Lipinski definition) is 5. The molecule has 1 saturated carbocycles. The van der Waals surface area contributed by atoms with E-state index in [4.69, 9.17) is 0 Å². The minimum atomic E-state index is -3.52. The van der Waals surface area contributed by atoms with Crippen LogP contribution in [-0.4, -0.2) is 41.4 Å². The molecule has 1 aliphatic carbocycles. The van der Waals surface area contributed by atoms with Gasteiger partial charge < -0.3 is 15.1 Å². The van der Waals surface area contributed by atoms with Crippen LogP contribution in [0, 0.1) is 12.7 Å². The highest BCUT2D eigenvalue weighted by atomic mass is 19.3. The average Bonchev–Trinajstić information content (AvgIpc) is 3.20. The number of fused-ring (bicyclic) bond motifs is 1. The zero-order valence-electron chi connectivity index (χ0n) is 16.3. The van der Waals surface area contributed by atoms with Gasteiger partial charge in [0.25, 0.3) is 5.91 Å². The molecule has 1 aromatic heterocycles. The van der Waals surface area contributed by atoms with Gasteiger partial charge in [-0.05, 0) is 37.5 Å². The van der Waals surface area contributed by atoms with Crippen molar-refractivity contribution in [2.45, 2.75) is 44.6 Å². The SMILES string of the molecule is Cc1ccc(F)cc1Nc1ncc2c(n1)N(C1CCCC1)CC(F)(F)C(=O)N2C. The van der Waals surface area contributed by atoms with Crippen molar-refractivity contribution in [1.82, 2.24) is 9.97 Å². The number of nitrogens with zero attached hydrogens (tertiary/aromatic N) is 4. The van der Waals surface area contributed by atoms with E-state index in [-0.39, 0.29) is 23.5 Å². The summed E-state index contributed by atoms with van der Waals surface area (Å²) in [6.07, 6.45) is 4.79. The van der Waals surface area contributed by atoms with Crippen LogP contribution < -0.4 is 15.1 Å². The van der Waals surface area contributed by atoms with Gasteiger partial charge in [0.2, 0.25) is 5.95 Å². The maximum absolute atomic E-state index is 14.6. The van der Waals surface area contributed by atoms with Gasteiger partial charge in [-0.1, -0.05) is 18.9 Å². The van der Waals surface area contributed by atoms with Crippen molar-refractivity contribution in [1.29, 1.82) is 0 Å². The fourth-order valence-corrected chi connectivity index (χ4v) is 3.95. The third kappa shape index (κ3) is 3.61. The quantitative estimate of drug-likeness (QED) is 0.836. The van der Waals surface area contributed by atoms with Crippen molar-refractivity contribution in [3.63, 3.8) is 0 Å². The average molecular weight is 405 g/mol. The first-order valence-electron chi connectivity index (χ1n) is 9.59. The molecular weight excluding hydrogens is 383 g/mol. The van der Waals surface area contributed by atoms with E-state index < -0.39 is 24.2 Å². The molecule has 29 heavy (non-hydrogen) atoms. The van der Waals surface area contributed by atoms with Gasteiger partial charge in [0.1, 0.15) is 11.5 Å². The van der Waals surface area contributed by atoms with Gasteiger partial charge in [-0.3, -0.25) is 4.79 Å². The van der Waals surface area contributed by atoms with Crippen LogP contribution in [0.4, 0.5) is 36.3 Å². The Bertz CT molecular complexity index is 946. The topological polar surface area (TPSA) is 61.4 Å². The van der Waals surface area contributed by atoms with Gasteiger partial charge in [-0.15, -0.1) is 0 Å². The van der Waals surface area contributed by atoms with E-state index in [0.717, 1.165) is 36.1 Å². The fourth-order valence-electron chi connectivity index (χ4n) is 3.95. The Morgan fingerprint density at radius 1 is 1.24 bits per heavy atom. The molecule has 0 radical (unpaired) electrons. The number of halogens is 3. The van der Waals surface area contributed by atoms with Crippen molar-refractivity contribution in [2.24, 2.45) is 0 Å². The first-order chi connectivity index (χ1) is 13.8. The Kier molecular flexibility index (Phi) is 4.84. The van der Waals surface area contributed by atoms with Gasteiger partial charge in [-0.2, -0.15) is 13.8 Å². The largest absolute Gasteiger partial charge is 0.345 e. The molecule has 2 heterocycles. The van der Waals surface area contributed by atoms with Crippen molar-refractivity contribution in [3.05, 3.63) is 35.8 Å². The van der Waals surface area contributed by atoms with Crippen molar-refractivity contribution in [2.75, 3.05) is 28.7 Å². The molecular formula is C20H22F3N5O. The van der Waals surface area contributed by atoms with E-state index >= 15 is 0 Å². The van der Waals surface area contributed by atoms with Crippen LogP contribution in [0.15, 0.2) is 24.4 Å². The van der Waals surface area contributed by atoms with E-state index in [9.17, 15) is 18.0 Å². The second-order valence-corrected chi connectivity index (χ2v) is 7.62. The molecule has 0 saturated heterocycles. The third-order valence-electron chi connectivity index (χ3n) is 5.58. The third-order valence-corrected chi connectivity index (χ3v) is 5.58. The Balaban J connectivity index is 1.77. The molecule has 0 spiro atoms. The zero-order valence-corrected chi connectivity index (χ0v) is 16.3. The Morgan fingerprint density at radius 2 is 1.97 bits per heavy atom. The number of anilines is 4. The van der Waals surface area contributed by atoms with E-state index in [1.165, 1.54) is 30.3 Å². The smallest absolute Gasteiger partial charge is 0.342 e. The lowest BCUT2D eigenvalue weighted by molar-refractivity contribution is -0.140. The highest BCUT2D eigenvalue weighted by Gasteiger charge is 2.48. The zero-order chi connectivity index (χ0) is 20.8. The maximum Gasteiger partial charge on any atom is 0.342 e. The number of carbonyl (C=O) groups is 1. The monoisotopic (exact) mass is 405 g/mol. The molecule has 1 aliphatic heterocycles. The Hall–Kier alpha value is -2.84. The second-order valence-electron chi connectivity index (χ2n) is 7.62. The molecule has 0 bridgehead atoms. The molecule has 1 N–H and O–H groups in total. The summed E-state index contributed by atoms with van der Waals surface area (Å²) in [5, 5.41) is 2.96. The van der Waals surface area contributed by atoms with Gasteiger partial charge >= 0.3 is 5.92 Å². The van der Waals surface area contributed by atoms with Crippen molar-refractivity contribution < 1.29 is 18.0 Å². The molecule has 2 aromatic rings. The first-order valence-corrected chi connectivity index (χ1v) is 9.59. The molecule has 154 valence electrons. The highest BCUT2D eigenvalue weighted by Crippen LogP contribution is 2.39. The molecule has 0 unspecified atom stereocenters. The number of hydrogen-bond donors (Lipinski definition) is 1. The van der Waals surface area contributed by atoms with Gasteiger partial charge in [0.05, 0.1) is 12.7 Å². The standard InChI is InChI=1S/C20H22F3N5O/c1-12-7-8-13(21)9-15(12)25-19-24-10-16-17(26-19)28(14-5-3-4-6-14)11-20(22,23)18(29)27(16)2/h7-10,14H,3-6,11H2,1-2H3,(H,24,25,26). The van der Waals surface area contributed by atoms with Gasteiger partial charge in [0, 0.05) is 18.8 Å². The molecule has 4 rings (SSSR count). The molecule has 1 amide bonds. The minimum absolute atomic E-state index is 0.113. The summed E-state index contributed by atoms with van der Waals surface area (Å²) in [6.45, 7) is 1.09. The van der Waals surface area contributed by atoms with Crippen molar-refractivity contribution >= 4 is 29.0 Å². The minimum Gasteiger partial charge on any atom is -0.345 e. The second kappa shape index (κ2) is 7.20. The van der Waals surface area contributed by atoms with E-state index in [1.807, 2.05) is 6.92 Å². The van der Waals surface area contributed by atoms with Crippen LogP contribution in [0.5, 0.6) is 0 Å². The Labute approximate surface area is 166 Å². The molecule has 0 atom stereocenters. The van der Waals surface area contributed by atoms with Crippen LogP contribution in [0.3, 0.4) is 0 Å². The summed E-state index contributed by atoms with van der Waals surface area (Å²) < 4.78 is 42.8. The highest BCUT2D eigenvalue weighted by molar-refractivity contribution is 6.02. The van der Waals surface area contributed by atoms with Gasteiger partial charge in [0.15, 0.2) is 5.82 Å². The van der Waals surface area contributed by atoms with Crippen LogP contribution in [-0.2, 0) is 4.79 Å². The number of aryl methyl sites for hydroxylation is 1. The lowest BCUT2D eigenvalue weighted by Gasteiger charge is -2.31. The van der Waals surface area contributed by atoms with Crippen LogP contribution >= 0.6 is 0 Å². The summed E-state index contributed by atoms with van der Waals surface area (Å²) in [5.41, 5.74) is 1.51. The van der Waals surface area contributed by atoms with E-state index in [0.29, 0.717) is 5.69 Å². The Morgan fingerprint density at radius 3 is 2.69 bits per heavy atom. The maximum atomic E-state index is 14.6. The predicted molar refractivity (Wildman–Crippen MR) is 104 cm³/mol. The fraction of sp³-hybridized carbons (Fsp3) is 0.450. The summed E-state index contributed by atoms with van der Waals surface area (Å²) >= 11 is 0.